The molecule has 1 saturated carbocycles. The first-order chi connectivity index (χ1) is 8.18. The summed E-state index contributed by atoms with van der Waals surface area (Å²) in [7, 11) is 0. The van der Waals surface area contributed by atoms with Gasteiger partial charge in [-0.05, 0) is 43.7 Å². The summed E-state index contributed by atoms with van der Waals surface area (Å²) in [5.74, 6) is 0.750. The van der Waals surface area contributed by atoms with E-state index in [1.165, 1.54) is 31.4 Å². The molecule has 1 nitrogen and oxygen atoms in total. The molecule has 0 heterocycles. The molecule has 2 heteroatoms. The van der Waals surface area contributed by atoms with Crippen molar-refractivity contribution >= 4 is 17.3 Å². The van der Waals surface area contributed by atoms with Gasteiger partial charge in [-0.2, -0.15) is 0 Å². The van der Waals surface area contributed by atoms with Crippen molar-refractivity contribution in [3.63, 3.8) is 0 Å². The second-order valence-corrected chi connectivity index (χ2v) is 5.82. The molecule has 1 aromatic rings. The summed E-state index contributed by atoms with van der Waals surface area (Å²) in [5, 5.41) is 0.892. The van der Waals surface area contributed by atoms with Crippen LogP contribution in [0.15, 0.2) is 24.3 Å². The number of nitrogens with zero attached hydrogens (tertiary/aromatic N) is 1. The number of benzene rings is 1. The van der Waals surface area contributed by atoms with E-state index in [1.54, 1.807) is 0 Å². The van der Waals surface area contributed by atoms with Crippen LogP contribution in [0.25, 0.3) is 0 Å². The molecule has 1 aliphatic rings. The highest BCUT2D eigenvalue weighted by Gasteiger charge is 2.26. The largest absolute Gasteiger partial charge is 0.367 e. The van der Waals surface area contributed by atoms with Gasteiger partial charge in [0.05, 0.1) is 10.7 Å². The molecule has 0 unspecified atom stereocenters. The Morgan fingerprint density at radius 1 is 1.29 bits per heavy atom. The summed E-state index contributed by atoms with van der Waals surface area (Å²) in [6, 6.07) is 8.96. The summed E-state index contributed by atoms with van der Waals surface area (Å²) in [5.41, 5.74) is 1.22. The van der Waals surface area contributed by atoms with Gasteiger partial charge in [-0.15, -0.1) is 0 Å². The minimum Gasteiger partial charge on any atom is -0.367 e. The van der Waals surface area contributed by atoms with Crippen molar-refractivity contribution in [1.82, 2.24) is 0 Å². The fraction of sp³-hybridized carbons (Fsp3) is 0.600. The lowest BCUT2D eigenvalue weighted by atomic mass is 9.90. The van der Waals surface area contributed by atoms with E-state index >= 15 is 0 Å². The molecule has 1 aliphatic carbocycles. The lowest BCUT2D eigenvalue weighted by Gasteiger charge is -2.40. The van der Waals surface area contributed by atoms with Crippen LogP contribution in [0.3, 0.4) is 0 Å². The highest BCUT2D eigenvalue weighted by molar-refractivity contribution is 6.33. The van der Waals surface area contributed by atoms with Crippen LogP contribution in [0.1, 0.15) is 39.5 Å². The molecule has 17 heavy (non-hydrogen) atoms. The zero-order valence-electron chi connectivity index (χ0n) is 10.8. The van der Waals surface area contributed by atoms with Crippen LogP contribution in [0.2, 0.25) is 5.02 Å². The maximum absolute atomic E-state index is 6.32. The first-order valence-electron chi connectivity index (χ1n) is 6.69. The maximum Gasteiger partial charge on any atom is 0.0639 e. The zero-order chi connectivity index (χ0) is 12.3. The van der Waals surface area contributed by atoms with Crippen LogP contribution in [0, 0.1) is 5.92 Å². The number of para-hydroxylation sites is 1. The Morgan fingerprint density at radius 3 is 2.53 bits per heavy atom. The first-order valence-corrected chi connectivity index (χ1v) is 7.07. The van der Waals surface area contributed by atoms with Gasteiger partial charge >= 0.3 is 0 Å². The molecule has 0 spiro atoms. The minimum absolute atomic E-state index is 0.716. The quantitative estimate of drug-likeness (QED) is 0.730. The molecule has 0 aliphatic heterocycles. The summed E-state index contributed by atoms with van der Waals surface area (Å²) in [6.07, 6.45) is 5.25. The first kappa shape index (κ1) is 12.8. The van der Waals surface area contributed by atoms with Gasteiger partial charge in [-0.25, -0.2) is 0 Å². The van der Waals surface area contributed by atoms with E-state index < -0.39 is 0 Å². The molecule has 0 atom stereocenters. The van der Waals surface area contributed by atoms with E-state index in [4.69, 9.17) is 11.6 Å². The van der Waals surface area contributed by atoms with Gasteiger partial charge in [-0.1, -0.05) is 37.6 Å². The molecule has 1 fully saturated rings. The SMILES string of the molecule is CC(C)CCN(c1ccccc1Cl)C1CCC1. The van der Waals surface area contributed by atoms with Crippen molar-refractivity contribution in [1.29, 1.82) is 0 Å². The highest BCUT2D eigenvalue weighted by Crippen LogP contribution is 2.34. The van der Waals surface area contributed by atoms with Crippen LogP contribution >= 0.6 is 11.6 Å². The van der Waals surface area contributed by atoms with Gasteiger partial charge in [0, 0.05) is 12.6 Å². The smallest absolute Gasteiger partial charge is 0.0639 e. The second-order valence-electron chi connectivity index (χ2n) is 5.41. The molecule has 0 aromatic heterocycles. The van der Waals surface area contributed by atoms with Gasteiger partial charge in [0.2, 0.25) is 0 Å². The normalized spacial score (nSPS) is 16.0. The number of rotatable bonds is 5. The summed E-state index contributed by atoms with van der Waals surface area (Å²) in [6.45, 7) is 5.70. The Morgan fingerprint density at radius 2 is 2.00 bits per heavy atom. The van der Waals surface area contributed by atoms with Crippen molar-refractivity contribution in [2.24, 2.45) is 5.92 Å². The number of hydrogen-bond acceptors (Lipinski definition) is 1. The van der Waals surface area contributed by atoms with E-state index in [0.29, 0.717) is 6.04 Å². The monoisotopic (exact) mass is 251 g/mol. The van der Waals surface area contributed by atoms with Crippen LogP contribution in [0.4, 0.5) is 5.69 Å². The van der Waals surface area contributed by atoms with Crippen molar-refractivity contribution in [3.8, 4) is 0 Å². The van der Waals surface area contributed by atoms with E-state index in [-0.39, 0.29) is 0 Å². The minimum atomic E-state index is 0.716. The van der Waals surface area contributed by atoms with Crippen LogP contribution in [-0.2, 0) is 0 Å². The highest BCUT2D eigenvalue weighted by atomic mass is 35.5. The Bertz CT molecular complexity index is 358. The number of anilines is 1. The second kappa shape index (κ2) is 5.77. The fourth-order valence-electron chi connectivity index (χ4n) is 2.28. The van der Waals surface area contributed by atoms with Crippen molar-refractivity contribution in [2.45, 2.75) is 45.6 Å². The van der Waals surface area contributed by atoms with Crippen molar-refractivity contribution in [3.05, 3.63) is 29.3 Å². The topological polar surface area (TPSA) is 3.24 Å². The number of halogens is 1. The third-order valence-electron chi connectivity index (χ3n) is 3.62. The van der Waals surface area contributed by atoms with Crippen LogP contribution in [-0.4, -0.2) is 12.6 Å². The van der Waals surface area contributed by atoms with E-state index in [9.17, 15) is 0 Å². The van der Waals surface area contributed by atoms with Crippen molar-refractivity contribution in [2.75, 3.05) is 11.4 Å². The average molecular weight is 252 g/mol. The standard InChI is InChI=1S/C15H22ClN/c1-12(2)10-11-17(13-6-5-7-13)15-9-4-3-8-14(15)16/h3-4,8-9,12-13H,5-7,10-11H2,1-2H3. The molecule has 0 bridgehead atoms. The Labute approximate surface area is 110 Å². The van der Waals surface area contributed by atoms with Crippen LogP contribution in [0.5, 0.6) is 0 Å². The predicted molar refractivity (Wildman–Crippen MR) is 75.9 cm³/mol. The van der Waals surface area contributed by atoms with Crippen LogP contribution < -0.4 is 4.90 Å². The summed E-state index contributed by atoms with van der Waals surface area (Å²) in [4.78, 5) is 2.52. The summed E-state index contributed by atoms with van der Waals surface area (Å²) >= 11 is 6.32. The van der Waals surface area contributed by atoms with Gasteiger partial charge in [-0.3, -0.25) is 0 Å². The molecule has 0 radical (unpaired) electrons. The van der Waals surface area contributed by atoms with Gasteiger partial charge < -0.3 is 4.90 Å². The van der Waals surface area contributed by atoms with E-state index in [0.717, 1.165) is 17.5 Å². The molecule has 1 aromatic carbocycles. The summed E-state index contributed by atoms with van der Waals surface area (Å²) < 4.78 is 0. The van der Waals surface area contributed by atoms with Gasteiger partial charge in [0.15, 0.2) is 0 Å². The number of hydrogen-bond donors (Lipinski definition) is 0. The Hall–Kier alpha value is -0.690. The fourth-order valence-corrected chi connectivity index (χ4v) is 2.52. The molecule has 0 saturated heterocycles. The zero-order valence-corrected chi connectivity index (χ0v) is 11.6. The van der Waals surface area contributed by atoms with Gasteiger partial charge in [0.25, 0.3) is 0 Å². The molecule has 2 rings (SSSR count). The molecule has 0 amide bonds. The molecule has 94 valence electrons. The van der Waals surface area contributed by atoms with E-state index in [1.807, 2.05) is 12.1 Å². The molecular weight excluding hydrogens is 230 g/mol. The lowest BCUT2D eigenvalue weighted by molar-refractivity contribution is 0.377. The predicted octanol–water partition coefficient (Wildman–Crippen LogP) is 4.75. The average Bonchev–Trinajstić information content (AvgIpc) is 2.22. The molecular formula is C15H22ClN. The van der Waals surface area contributed by atoms with Crippen molar-refractivity contribution < 1.29 is 0 Å². The Kier molecular flexibility index (Phi) is 4.33. The van der Waals surface area contributed by atoms with E-state index in [2.05, 4.69) is 30.9 Å². The lowest BCUT2D eigenvalue weighted by Crippen LogP contribution is -2.41. The maximum atomic E-state index is 6.32. The molecule has 0 N–H and O–H groups in total. The van der Waals surface area contributed by atoms with Gasteiger partial charge in [0.1, 0.15) is 0 Å². The Balaban J connectivity index is 2.11. The third-order valence-corrected chi connectivity index (χ3v) is 3.94. The third kappa shape index (κ3) is 3.16.